The van der Waals surface area contributed by atoms with E-state index in [9.17, 15) is 10.1 Å². The molecule has 2 aromatic rings. The minimum Gasteiger partial charge on any atom is -0.484 e. The number of aryl methyl sites for hydroxylation is 1. The predicted molar refractivity (Wildman–Crippen MR) is 79.4 cm³/mol. The zero-order valence-corrected chi connectivity index (χ0v) is 12.2. The minimum absolute atomic E-state index is 0.0478. The molecule has 1 aromatic carbocycles. The Morgan fingerprint density at radius 2 is 2.19 bits per heavy atom. The molecule has 0 aliphatic heterocycles. The van der Waals surface area contributed by atoms with Crippen molar-refractivity contribution in [3.05, 3.63) is 46.3 Å². The monoisotopic (exact) mass is 290 g/mol. The fraction of sp³-hybridized carbons (Fsp3) is 0.357. The van der Waals surface area contributed by atoms with Crippen molar-refractivity contribution in [3.8, 4) is 5.75 Å². The Labute approximate surface area is 122 Å². The molecule has 0 spiro atoms. The molecule has 0 radical (unpaired) electrons. The summed E-state index contributed by atoms with van der Waals surface area (Å²) in [5, 5.41) is 18.5. The number of hydrogen-bond donors (Lipinski definition) is 1. The molecule has 1 N–H and O–H groups in total. The van der Waals surface area contributed by atoms with E-state index >= 15 is 0 Å². The average molecular weight is 290 g/mol. The molecular weight excluding hydrogens is 272 g/mol. The largest absolute Gasteiger partial charge is 0.484 e. The highest BCUT2D eigenvalue weighted by Crippen LogP contribution is 2.35. The number of para-hydroxylation sites is 1. The molecule has 1 aromatic heterocycles. The highest BCUT2D eigenvalue weighted by molar-refractivity contribution is 5.68. The van der Waals surface area contributed by atoms with Crippen molar-refractivity contribution in [1.29, 1.82) is 0 Å². The number of benzene rings is 1. The van der Waals surface area contributed by atoms with Crippen molar-refractivity contribution in [2.75, 3.05) is 5.32 Å². The van der Waals surface area contributed by atoms with Gasteiger partial charge in [0.2, 0.25) is 0 Å². The van der Waals surface area contributed by atoms with Gasteiger partial charge in [-0.1, -0.05) is 6.07 Å². The van der Waals surface area contributed by atoms with E-state index < -0.39 is 4.92 Å². The third kappa shape index (κ3) is 3.50. The van der Waals surface area contributed by atoms with Gasteiger partial charge in [0.1, 0.15) is 5.69 Å². The van der Waals surface area contributed by atoms with Crippen LogP contribution in [0.15, 0.2) is 30.5 Å². The summed E-state index contributed by atoms with van der Waals surface area (Å²) in [7, 11) is 1.82. The molecule has 0 fully saturated rings. The highest BCUT2D eigenvalue weighted by Gasteiger charge is 2.21. The van der Waals surface area contributed by atoms with Gasteiger partial charge in [-0.25, -0.2) is 0 Å². The normalized spacial score (nSPS) is 10.7. The molecule has 0 atom stereocenters. The van der Waals surface area contributed by atoms with Crippen LogP contribution in [0, 0.1) is 10.1 Å². The molecule has 21 heavy (non-hydrogen) atoms. The van der Waals surface area contributed by atoms with Gasteiger partial charge in [0.05, 0.1) is 23.3 Å². The number of anilines is 1. The second-order valence-electron chi connectivity index (χ2n) is 4.88. The number of nitrogens with one attached hydrogen (secondary N) is 1. The van der Waals surface area contributed by atoms with Crippen molar-refractivity contribution >= 4 is 11.4 Å². The van der Waals surface area contributed by atoms with Crippen LogP contribution in [0.1, 0.15) is 19.5 Å². The van der Waals surface area contributed by atoms with Crippen LogP contribution < -0.4 is 10.1 Å². The van der Waals surface area contributed by atoms with Gasteiger partial charge in [0.25, 0.3) is 0 Å². The summed E-state index contributed by atoms with van der Waals surface area (Å²) in [4.78, 5) is 10.9. The number of hydrogen-bond acceptors (Lipinski definition) is 5. The first kappa shape index (κ1) is 14.8. The van der Waals surface area contributed by atoms with Gasteiger partial charge in [-0.05, 0) is 32.0 Å². The maximum absolute atomic E-state index is 11.3. The van der Waals surface area contributed by atoms with E-state index in [-0.39, 0.29) is 17.5 Å². The fourth-order valence-electron chi connectivity index (χ4n) is 1.96. The summed E-state index contributed by atoms with van der Waals surface area (Å²) < 4.78 is 7.22. The highest BCUT2D eigenvalue weighted by atomic mass is 16.6. The SMILES string of the molecule is CC(C)Oc1cccc(NCc2ccnn2C)c1[N+](=O)[O-]. The topological polar surface area (TPSA) is 82.2 Å². The Morgan fingerprint density at radius 1 is 1.43 bits per heavy atom. The number of rotatable bonds is 6. The van der Waals surface area contributed by atoms with Gasteiger partial charge in [0, 0.05) is 13.2 Å². The maximum atomic E-state index is 11.3. The van der Waals surface area contributed by atoms with E-state index in [1.165, 1.54) is 0 Å². The van der Waals surface area contributed by atoms with Crippen molar-refractivity contribution in [2.45, 2.75) is 26.5 Å². The van der Waals surface area contributed by atoms with Crippen LogP contribution in [0.4, 0.5) is 11.4 Å². The van der Waals surface area contributed by atoms with Crippen LogP contribution in [0.25, 0.3) is 0 Å². The first-order chi connectivity index (χ1) is 9.99. The lowest BCUT2D eigenvalue weighted by atomic mass is 10.2. The molecule has 112 valence electrons. The Bertz CT molecular complexity index is 637. The molecule has 7 nitrogen and oxygen atoms in total. The number of nitro benzene ring substituents is 1. The molecule has 2 rings (SSSR count). The third-order valence-electron chi connectivity index (χ3n) is 2.93. The zero-order chi connectivity index (χ0) is 15.4. The molecule has 0 bridgehead atoms. The lowest BCUT2D eigenvalue weighted by molar-refractivity contribution is -0.385. The van der Waals surface area contributed by atoms with E-state index in [1.807, 2.05) is 27.0 Å². The predicted octanol–water partition coefficient (Wildman–Crippen LogP) is 2.73. The Hall–Kier alpha value is -2.57. The molecule has 0 unspecified atom stereocenters. The van der Waals surface area contributed by atoms with Crippen molar-refractivity contribution < 1.29 is 9.66 Å². The van der Waals surface area contributed by atoms with Gasteiger partial charge < -0.3 is 10.1 Å². The van der Waals surface area contributed by atoms with E-state index in [0.29, 0.717) is 12.2 Å². The molecule has 1 heterocycles. The van der Waals surface area contributed by atoms with Gasteiger partial charge >= 0.3 is 5.69 Å². The van der Waals surface area contributed by atoms with Crippen molar-refractivity contribution in [1.82, 2.24) is 9.78 Å². The van der Waals surface area contributed by atoms with Gasteiger partial charge in [-0.3, -0.25) is 14.8 Å². The molecular formula is C14H18N4O3. The fourth-order valence-corrected chi connectivity index (χ4v) is 1.96. The second kappa shape index (κ2) is 6.25. The summed E-state index contributed by atoms with van der Waals surface area (Å²) in [6.45, 7) is 4.11. The van der Waals surface area contributed by atoms with Crippen molar-refractivity contribution in [2.24, 2.45) is 7.05 Å². The standard InChI is InChI=1S/C14H18N4O3/c1-10(2)21-13-6-4-5-12(14(13)18(19)20)15-9-11-7-8-16-17(11)3/h4-8,10,15H,9H2,1-3H3. The van der Waals surface area contributed by atoms with Crippen LogP contribution >= 0.6 is 0 Å². The van der Waals surface area contributed by atoms with Gasteiger partial charge in [-0.2, -0.15) is 5.10 Å². The van der Waals surface area contributed by atoms with Crippen LogP contribution in [-0.4, -0.2) is 20.8 Å². The number of nitro groups is 1. The van der Waals surface area contributed by atoms with Crippen LogP contribution in [0.5, 0.6) is 5.75 Å². The maximum Gasteiger partial charge on any atom is 0.333 e. The zero-order valence-electron chi connectivity index (χ0n) is 12.2. The molecule has 0 saturated carbocycles. The van der Waals surface area contributed by atoms with Gasteiger partial charge in [-0.15, -0.1) is 0 Å². The van der Waals surface area contributed by atoms with Crippen LogP contribution in [0.3, 0.4) is 0 Å². The quantitative estimate of drug-likeness (QED) is 0.653. The average Bonchev–Trinajstić information content (AvgIpc) is 2.81. The summed E-state index contributed by atoms with van der Waals surface area (Å²) in [6.07, 6.45) is 1.56. The number of aromatic nitrogens is 2. The van der Waals surface area contributed by atoms with E-state index in [2.05, 4.69) is 10.4 Å². The first-order valence-electron chi connectivity index (χ1n) is 6.64. The number of ether oxygens (including phenoxy) is 1. The molecule has 0 saturated heterocycles. The Kier molecular flexibility index (Phi) is 4.42. The Morgan fingerprint density at radius 3 is 2.76 bits per heavy atom. The van der Waals surface area contributed by atoms with Crippen LogP contribution in [0.2, 0.25) is 0 Å². The molecule has 0 aliphatic rings. The van der Waals surface area contributed by atoms with Gasteiger partial charge in [0.15, 0.2) is 5.75 Å². The lowest BCUT2D eigenvalue weighted by Gasteiger charge is -2.13. The summed E-state index contributed by atoms with van der Waals surface area (Å²) in [6, 6.07) is 6.86. The van der Waals surface area contributed by atoms with Crippen molar-refractivity contribution in [3.63, 3.8) is 0 Å². The summed E-state index contributed by atoms with van der Waals surface area (Å²) in [5.41, 5.74) is 1.31. The third-order valence-corrected chi connectivity index (χ3v) is 2.93. The smallest absolute Gasteiger partial charge is 0.333 e. The molecule has 0 aliphatic carbocycles. The molecule has 7 heteroatoms. The Balaban J connectivity index is 2.26. The van der Waals surface area contributed by atoms with E-state index in [1.54, 1.807) is 29.1 Å². The second-order valence-corrected chi connectivity index (χ2v) is 4.88. The minimum atomic E-state index is -0.427. The van der Waals surface area contributed by atoms with Crippen LogP contribution in [-0.2, 0) is 13.6 Å². The molecule has 0 amide bonds. The van der Waals surface area contributed by atoms with E-state index in [4.69, 9.17) is 4.74 Å². The number of nitrogens with zero attached hydrogens (tertiary/aromatic N) is 3. The van der Waals surface area contributed by atoms with E-state index in [0.717, 1.165) is 5.69 Å². The lowest BCUT2D eigenvalue weighted by Crippen LogP contribution is -2.10. The summed E-state index contributed by atoms with van der Waals surface area (Å²) in [5.74, 6) is 0.269. The summed E-state index contributed by atoms with van der Waals surface area (Å²) >= 11 is 0. The first-order valence-corrected chi connectivity index (χ1v) is 6.64.